The molecule has 0 aliphatic rings. The maximum absolute atomic E-state index is 5.17. The van der Waals surface area contributed by atoms with Gasteiger partial charge in [0.2, 0.25) is 0 Å². The zero-order chi connectivity index (χ0) is 7.28. The van der Waals surface area contributed by atoms with Crippen molar-refractivity contribution in [1.29, 1.82) is 0 Å². The summed E-state index contributed by atoms with van der Waals surface area (Å²) in [6.45, 7) is 6.30. The van der Waals surface area contributed by atoms with Crippen molar-refractivity contribution in [3.63, 3.8) is 0 Å². The van der Waals surface area contributed by atoms with Gasteiger partial charge in [0.15, 0.2) is 0 Å². The lowest BCUT2D eigenvalue weighted by Crippen LogP contribution is -2.14. The first-order valence-electron chi connectivity index (χ1n) is 3.38. The molecule has 0 aromatic heterocycles. The number of ether oxygens (including phenoxy) is 1. The molecule has 0 N–H and O–H groups in total. The van der Waals surface area contributed by atoms with E-state index >= 15 is 0 Å². The highest BCUT2D eigenvalue weighted by Gasteiger charge is 2.05. The van der Waals surface area contributed by atoms with Gasteiger partial charge in [-0.3, -0.25) is 0 Å². The van der Waals surface area contributed by atoms with E-state index in [4.69, 9.17) is 4.74 Å². The molecule has 1 unspecified atom stereocenters. The van der Waals surface area contributed by atoms with Crippen molar-refractivity contribution in [1.82, 2.24) is 0 Å². The zero-order valence-electron chi connectivity index (χ0n) is 6.72. The lowest BCUT2D eigenvalue weighted by Gasteiger charge is -2.13. The van der Waals surface area contributed by atoms with E-state index in [1.807, 2.05) is 13.0 Å². The van der Waals surface area contributed by atoms with Crippen LogP contribution in [0.15, 0.2) is 12.2 Å². The first-order chi connectivity index (χ1) is 4.22. The molecule has 0 spiro atoms. The van der Waals surface area contributed by atoms with Crippen LogP contribution in [0.4, 0.5) is 0 Å². The van der Waals surface area contributed by atoms with Gasteiger partial charge in [-0.2, -0.15) is 0 Å². The van der Waals surface area contributed by atoms with E-state index < -0.39 is 0 Å². The molecule has 1 atom stereocenters. The average Bonchev–Trinajstić information content (AvgIpc) is 1.82. The van der Waals surface area contributed by atoms with Crippen molar-refractivity contribution in [2.45, 2.75) is 26.9 Å². The summed E-state index contributed by atoms with van der Waals surface area (Å²) in [5.41, 5.74) is 0. The second-order valence-electron chi connectivity index (χ2n) is 2.47. The van der Waals surface area contributed by atoms with Crippen molar-refractivity contribution >= 4 is 0 Å². The zero-order valence-corrected chi connectivity index (χ0v) is 6.72. The smallest absolute Gasteiger partial charge is 0.0774 e. The monoisotopic (exact) mass is 128 g/mol. The maximum Gasteiger partial charge on any atom is 0.0774 e. The number of hydrogen-bond donors (Lipinski definition) is 0. The van der Waals surface area contributed by atoms with Crippen LogP contribution in [-0.4, -0.2) is 13.2 Å². The molecule has 0 rings (SSSR count). The Labute approximate surface area is 57.7 Å². The van der Waals surface area contributed by atoms with Crippen molar-refractivity contribution < 1.29 is 4.74 Å². The highest BCUT2D eigenvalue weighted by atomic mass is 16.5. The second-order valence-corrected chi connectivity index (χ2v) is 2.47. The molecule has 0 radical (unpaired) electrons. The van der Waals surface area contributed by atoms with E-state index in [2.05, 4.69) is 19.9 Å². The maximum atomic E-state index is 5.17. The van der Waals surface area contributed by atoms with Crippen molar-refractivity contribution in [3.05, 3.63) is 12.2 Å². The quantitative estimate of drug-likeness (QED) is 0.530. The number of methoxy groups -OCH3 is 1. The summed E-state index contributed by atoms with van der Waals surface area (Å²) in [5.74, 6) is 0.575. The largest absolute Gasteiger partial charge is 0.377 e. The van der Waals surface area contributed by atoms with Gasteiger partial charge in [0.1, 0.15) is 0 Å². The minimum Gasteiger partial charge on any atom is -0.377 e. The molecule has 0 aliphatic carbocycles. The van der Waals surface area contributed by atoms with Gasteiger partial charge in [0, 0.05) is 7.11 Å². The summed E-state index contributed by atoms with van der Waals surface area (Å²) in [7, 11) is 1.74. The predicted octanol–water partition coefficient (Wildman–Crippen LogP) is 2.23. The van der Waals surface area contributed by atoms with Crippen LogP contribution >= 0.6 is 0 Å². The lowest BCUT2D eigenvalue weighted by molar-refractivity contribution is 0.103. The molecule has 1 nitrogen and oxygen atoms in total. The van der Waals surface area contributed by atoms with Crippen LogP contribution in [0.1, 0.15) is 20.8 Å². The first-order valence-corrected chi connectivity index (χ1v) is 3.38. The third-order valence-corrected chi connectivity index (χ3v) is 1.31. The molecular weight excluding hydrogens is 112 g/mol. The van der Waals surface area contributed by atoms with Gasteiger partial charge in [-0.25, -0.2) is 0 Å². The highest BCUT2D eigenvalue weighted by molar-refractivity contribution is 4.88. The SMILES string of the molecule is CC=CC(OC)C(C)C. The van der Waals surface area contributed by atoms with E-state index in [0.717, 1.165) is 0 Å². The minimum absolute atomic E-state index is 0.287. The molecule has 0 saturated heterocycles. The van der Waals surface area contributed by atoms with Gasteiger partial charge in [0.05, 0.1) is 6.10 Å². The van der Waals surface area contributed by atoms with Crippen LogP contribution in [0.2, 0.25) is 0 Å². The van der Waals surface area contributed by atoms with Crippen molar-refractivity contribution in [2.24, 2.45) is 5.92 Å². The third kappa shape index (κ3) is 3.31. The van der Waals surface area contributed by atoms with Crippen LogP contribution in [-0.2, 0) is 4.74 Å². The molecule has 9 heavy (non-hydrogen) atoms. The fourth-order valence-electron chi connectivity index (χ4n) is 0.763. The summed E-state index contributed by atoms with van der Waals surface area (Å²) in [6.07, 6.45) is 4.38. The van der Waals surface area contributed by atoms with Gasteiger partial charge in [0.25, 0.3) is 0 Å². The molecule has 0 heterocycles. The Kier molecular flexibility index (Phi) is 4.41. The summed E-state index contributed by atoms with van der Waals surface area (Å²) >= 11 is 0. The minimum atomic E-state index is 0.287. The van der Waals surface area contributed by atoms with E-state index in [0.29, 0.717) is 5.92 Å². The molecule has 0 aromatic rings. The molecule has 0 aromatic carbocycles. The van der Waals surface area contributed by atoms with Gasteiger partial charge < -0.3 is 4.74 Å². The molecule has 0 bridgehead atoms. The van der Waals surface area contributed by atoms with Crippen molar-refractivity contribution in [3.8, 4) is 0 Å². The summed E-state index contributed by atoms with van der Waals surface area (Å²) in [5, 5.41) is 0. The molecular formula is C8H16O. The summed E-state index contributed by atoms with van der Waals surface area (Å²) in [6, 6.07) is 0. The molecule has 0 aliphatic heterocycles. The Morgan fingerprint density at radius 1 is 1.33 bits per heavy atom. The fraction of sp³-hybridized carbons (Fsp3) is 0.750. The number of allylic oxidation sites excluding steroid dienone is 1. The molecule has 0 saturated carbocycles. The van der Waals surface area contributed by atoms with Crippen LogP contribution in [0, 0.1) is 5.92 Å². The van der Waals surface area contributed by atoms with Crippen LogP contribution in [0.25, 0.3) is 0 Å². The number of hydrogen-bond acceptors (Lipinski definition) is 1. The normalized spacial score (nSPS) is 15.2. The average molecular weight is 128 g/mol. The number of rotatable bonds is 3. The van der Waals surface area contributed by atoms with Gasteiger partial charge in [-0.05, 0) is 12.8 Å². The van der Waals surface area contributed by atoms with Crippen LogP contribution in [0.3, 0.4) is 0 Å². The Hall–Kier alpha value is -0.300. The molecule has 54 valence electrons. The topological polar surface area (TPSA) is 9.23 Å². The van der Waals surface area contributed by atoms with E-state index in [9.17, 15) is 0 Å². The summed E-state index contributed by atoms with van der Waals surface area (Å²) < 4.78 is 5.17. The Bertz CT molecular complexity index is 84.6. The Morgan fingerprint density at radius 2 is 1.89 bits per heavy atom. The third-order valence-electron chi connectivity index (χ3n) is 1.31. The Balaban J connectivity index is 3.68. The fourth-order valence-corrected chi connectivity index (χ4v) is 0.763. The second kappa shape index (κ2) is 4.57. The summed E-state index contributed by atoms with van der Waals surface area (Å²) in [4.78, 5) is 0. The van der Waals surface area contributed by atoms with Gasteiger partial charge in [-0.15, -0.1) is 0 Å². The highest BCUT2D eigenvalue weighted by Crippen LogP contribution is 2.05. The van der Waals surface area contributed by atoms with Crippen LogP contribution in [0.5, 0.6) is 0 Å². The Morgan fingerprint density at radius 3 is 2.00 bits per heavy atom. The molecule has 0 amide bonds. The van der Waals surface area contributed by atoms with E-state index in [-0.39, 0.29) is 6.10 Å². The van der Waals surface area contributed by atoms with E-state index in [1.54, 1.807) is 7.11 Å². The van der Waals surface area contributed by atoms with Gasteiger partial charge >= 0.3 is 0 Å². The first kappa shape index (κ1) is 8.70. The molecule has 0 fully saturated rings. The molecule has 1 heteroatoms. The van der Waals surface area contributed by atoms with Crippen molar-refractivity contribution in [2.75, 3.05) is 7.11 Å². The van der Waals surface area contributed by atoms with E-state index in [1.165, 1.54) is 0 Å². The van der Waals surface area contributed by atoms with Gasteiger partial charge in [-0.1, -0.05) is 26.0 Å². The van der Waals surface area contributed by atoms with Crippen LogP contribution < -0.4 is 0 Å². The standard InChI is InChI=1S/C8H16O/c1-5-6-8(9-4)7(2)3/h5-8H,1-4H3. The lowest BCUT2D eigenvalue weighted by atomic mass is 10.1. The predicted molar refractivity (Wildman–Crippen MR) is 40.4 cm³/mol.